The van der Waals surface area contributed by atoms with Gasteiger partial charge in [0.15, 0.2) is 0 Å². The Morgan fingerprint density at radius 2 is 2.00 bits per heavy atom. The van der Waals surface area contributed by atoms with Gasteiger partial charge in [0.25, 0.3) is 0 Å². The molecule has 2 saturated heterocycles. The zero-order chi connectivity index (χ0) is 12.7. The van der Waals surface area contributed by atoms with Crippen molar-refractivity contribution in [3.8, 4) is 0 Å². The van der Waals surface area contributed by atoms with Crippen LogP contribution in [-0.2, 0) is 4.74 Å². The number of hydrogen-bond donors (Lipinski definition) is 1. The predicted molar refractivity (Wildman–Crippen MR) is 72.4 cm³/mol. The molecule has 0 radical (unpaired) electrons. The normalized spacial score (nSPS) is 26.4. The maximum atomic E-state index is 14.1. The van der Waals surface area contributed by atoms with Gasteiger partial charge in [-0.25, -0.2) is 4.39 Å². The van der Waals surface area contributed by atoms with E-state index in [0.29, 0.717) is 11.3 Å². The molecule has 0 aromatic heterocycles. The Morgan fingerprint density at radius 1 is 1.33 bits per heavy atom. The van der Waals surface area contributed by atoms with Crippen LogP contribution in [0.3, 0.4) is 0 Å². The minimum Gasteiger partial charge on any atom is -0.389 e. The fraction of sp³-hybridized carbons (Fsp3) is 0.462. The average Bonchev–Trinajstić information content (AvgIpc) is 2.68. The van der Waals surface area contributed by atoms with Crippen LogP contribution in [0.4, 0.5) is 10.1 Å². The molecule has 0 aliphatic carbocycles. The summed E-state index contributed by atoms with van der Waals surface area (Å²) in [5.74, 6) is -0.262. The molecule has 18 heavy (non-hydrogen) atoms. The van der Waals surface area contributed by atoms with Crippen LogP contribution in [0.15, 0.2) is 18.2 Å². The molecule has 2 fully saturated rings. The Kier molecular flexibility index (Phi) is 2.95. The molecule has 2 atom stereocenters. The van der Waals surface area contributed by atoms with Crippen molar-refractivity contribution in [3.05, 3.63) is 29.6 Å². The summed E-state index contributed by atoms with van der Waals surface area (Å²) in [4.78, 5) is 2.28. The van der Waals surface area contributed by atoms with Gasteiger partial charge in [-0.05, 0) is 31.0 Å². The summed E-state index contributed by atoms with van der Waals surface area (Å²) in [5.41, 5.74) is 6.69. The third-order valence-corrected chi connectivity index (χ3v) is 3.85. The number of anilines is 1. The number of thiocarbonyl (C=S) groups is 1. The molecular formula is C13H15FN2OS. The number of halogens is 1. The van der Waals surface area contributed by atoms with Crippen molar-refractivity contribution in [3.63, 3.8) is 0 Å². The number of benzene rings is 1. The number of rotatable bonds is 2. The van der Waals surface area contributed by atoms with E-state index in [-0.39, 0.29) is 23.0 Å². The molecule has 2 aliphatic rings. The van der Waals surface area contributed by atoms with Gasteiger partial charge in [-0.3, -0.25) is 0 Å². The maximum absolute atomic E-state index is 14.1. The van der Waals surface area contributed by atoms with Crippen molar-refractivity contribution in [1.82, 2.24) is 0 Å². The van der Waals surface area contributed by atoms with Crippen LogP contribution in [0.25, 0.3) is 0 Å². The minimum absolute atomic E-state index is 0.225. The quantitative estimate of drug-likeness (QED) is 0.829. The largest absolute Gasteiger partial charge is 0.389 e. The van der Waals surface area contributed by atoms with E-state index in [2.05, 4.69) is 4.90 Å². The lowest BCUT2D eigenvalue weighted by Gasteiger charge is -2.34. The van der Waals surface area contributed by atoms with E-state index in [4.69, 9.17) is 22.7 Å². The van der Waals surface area contributed by atoms with Gasteiger partial charge in [0.2, 0.25) is 0 Å². The standard InChI is InChI=1S/C13H15FN2OS/c14-11-5-8(13(15)18)1-4-12(11)16-6-9-2-3-10(7-16)17-9/h1,4-5,9-10H,2-3,6-7H2,(H2,15,18). The highest BCUT2D eigenvalue weighted by Crippen LogP contribution is 2.31. The summed E-state index contributed by atoms with van der Waals surface area (Å²) in [6.07, 6.45) is 2.65. The fourth-order valence-corrected chi connectivity index (χ4v) is 2.86. The summed E-state index contributed by atoms with van der Waals surface area (Å²) in [6.45, 7) is 1.53. The zero-order valence-corrected chi connectivity index (χ0v) is 10.8. The van der Waals surface area contributed by atoms with Crippen molar-refractivity contribution in [2.45, 2.75) is 25.0 Å². The lowest BCUT2D eigenvalue weighted by molar-refractivity contribution is 0.0303. The first-order valence-electron chi connectivity index (χ1n) is 6.13. The smallest absolute Gasteiger partial charge is 0.147 e. The van der Waals surface area contributed by atoms with E-state index < -0.39 is 0 Å². The number of nitrogens with two attached hydrogens (primary N) is 1. The third-order valence-electron chi connectivity index (χ3n) is 3.62. The molecule has 0 amide bonds. The van der Waals surface area contributed by atoms with Crippen LogP contribution in [-0.4, -0.2) is 30.3 Å². The second kappa shape index (κ2) is 4.48. The number of fused-ring (bicyclic) bond motifs is 2. The van der Waals surface area contributed by atoms with Gasteiger partial charge in [-0.2, -0.15) is 0 Å². The molecule has 3 rings (SSSR count). The number of ether oxygens (including phenoxy) is 1. The van der Waals surface area contributed by atoms with E-state index in [1.807, 2.05) is 0 Å². The molecule has 5 heteroatoms. The Hall–Kier alpha value is -1.20. The van der Waals surface area contributed by atoms with Crippen LogP contribution in [0, 0.1) is 5.82 Å². The van der Waals surface area contributed by atoms with E-state index in [0.717, 1.165) is 25.9 Å². The molecule has 0 saturated carbocycles. The van der Waals surface area contributed by atoms with E-state index in [9.17, 15) is 4.39 Å². The highest BCUT2D eigenvalue weighted by molar-refractivity contribution is 7.80. The van der Waals surface area contributed by atoms with Gasteiger partial charge < -0.3 is 15.4 Å². The Labute approximate surface area is 111 Å². The molecule has 0 spiro atoms. The van der Waals surface area contributed by atoms with Crippen LogP contribution in [0.5, 0.6) is 0 Å². The lowest BCUT2D eigenvalue weighted by Crippen LogP contribution is -2.43. The van der Waals surface area contributed by atoms with Crippen LogP contribution >= 0.6 is 12.2 Å². The number of nitrogens with zero attached hydrogens (tertiary/aromatic N) is 1. The minimum atomic E-state index is -0.262. The van der Waals surface area contributed by atoms with Crippen molar-refractivity contribution in [1.29, 1.82) is 0 Å². The van der Waals surface area contributed by atoms with Crippen LogP contribution in [0.2, 0.25) is 0 Å². The van der Waals surface area contributed by atoms with Crippen LogP contribution < -0.4 is 10.6 Å². The Morgan fingerprint density at radius 3 is 2.56 bits per heavy atom. The highest BCUT2D eigenvalue weighted by atomic mass is 32.1. The molecule has 1 aromatic rings. The van der Waals surface area contributed by atoms with E-state index in [1.165, 1.54) is 6.07 Å². The van der Waals surface area contributed by atoms with Crippen LogP contribution in [0.1, 0.15) is 18.4 Å². The first-order valence-corrected chi connectivity index (χ1v) is 6.54. The molecule has 3 nitrogen and oxygen atoms in total. The second-order valence-electron chi connectivity index (χ2n) is 4.89. The SMILES string of the molecule is NC(=S)c1ccc(N2CC3CCC(C2)O3)c(F)c1. The summed E-state index contributed by atoms with van der Waals surface area (Å²) in [7, 11) is 0. The molecule has 2 heterocycles. The summed E-state index contributed by atoms with van der Waals surface area (Å²) >= 11 is 4.85. The number of morpholine rings is 1. The Bertz CT molecular complexity index is 482. The molecular weight excluding hydrogens is 251 g/mol. The lowest BCUT2D eigenvalue weighted by atomic mass is 10.1. The van der Waals surface area contributed by atoms with Gasteiger partial charge in [-0.15, -0.1) is 0 Å². The van der Waals surface area contributed by atoms with Gasteiger partial charge >= 0.3 is 0 Å². The molecule has 2 bridgehead atoms. The Balaban J connectivity index is 1.86. The van der Waals surface area contributed by atoms with Crippen molar-refractivity contribution in [2.24, 2.45) is 5.73 Å². The molecule has 2 aliphatic heterocycles. The van der Waals surface area contributed by atoms with Crippen molar-refractivity contribution < 1.29 is 9.13 Å². The first-order chi connectivity index (χ1) is 8.63. The van der Waals surface area contributed by atoms with Crippen molar-refractivity contribution in [2.75, 3.05) is 18.0 Å². The predicted octanol–water partition coefficient (Wildman–Crippen LogP) is 1.83. The molecule has 2 unspecified atom stereocenters. The maximum Gasteiger partial charge on any atom is 0.147 e. The monoisotopic (exact) mass is 266 g/mol. The molecule has 2 N–H and O–H groups in total. The second-order valence-corrected chi connectivity index (χ2v) is 5.33. The summed E-state index contributed by atoms with van der Waals surface area (Å²) in [5, 5.41) is 0. The summed E-state index contributed by atoms with van der Waals surface area (Å²) in [6, 6.07) is 4.95. The summed E-state index contributed by atoms with van der Waals surface area (Å²) < 4.78 is 19.8. The van der Waals surface area contributed by atoms with Crippen molar-refractivity contribution >= 4 is 22.9 Å². The average molecular weight is 266 g/mol. The fourth-order valence-electron chi connectivity index (χ4n) is 2.73. The highest BCUT2D eigenvalue weighted by Gasteiger charge is 2.34. The molecule has 96 valence electrons. The van der Waals surface area contributed by atoms with E-state index in [1.54, 1.807) is 12.1 Å². The van der Waals surface area contributed by atoms with Gasteiger partial charge in [0.1, 0.15) is 10.8 Å². The topological polar surface area (TPSA) is 38.5 Å². The first kappa shape index (κ1) is 11.9. The van der Waals surface area contributed by atoms with E-state index >= 15 is 0 Å². The van der Waals surface area contributed by atoms with Gasteiger partial charge in [0, 0.05) is 18.7 Å². The molecule has 1 aromatic carbocycles. The zero-order valence-electron chi connectivity index (χ0n) is 9.93. The third kappa shape index (κ3) is 2.08. The van der Waals surface area contributed by atoms with Gasteiger partial charge in [0.05, 0.1) is 17.9 Å². The number of hydrogen-bond acceptors (Lipinski definition) is 3. The van der Waals surface area contributed by atoms with Gasteiger partial charge in [-0.1, -0.05) is 12.2 Å².